The maximum atomic E-state index is 13.3. The van der Waals surface area contributed by atoms with Crippen LogP contribution >= 0.6 is 11.8 Å². The fraction of sp³-hybridized carbons (Fsp3) is 0.115. The summed E-state index contributed by atoms with van der Waals surface area (Å²) in [4.78, 5) is 33.1. The summed E-state index contributed by atoms with van der Waals surface area (Å²) in [5.74, 6) is -0.648. The Morgan fingerprint density at radius 3 is 2.49 bits per heavy atom. The van der Waals surface area contributed by atoms with E-state index in [4.69, 9.17) is 4.74 Å². The number of esters is 1. The number of para-hydroxylation sites is 1. The predicted octanol–water partition coefficient (Wildman–Crippen LogP) is 5.15. The minimum Gasteiger partial charge on any atom is -0.462 e. The van der Waals surface area contributed by atoms with Crippen LogP contribution in [0.2, 0.25) is 0 Å². The number of benzene rings is 3. The zero-order valence-corrected chi connectivity index (χ0v) is 19.6. The van der Waals surface area contributed by atoms with E-state index in [0.717, 1.165) is 16.5 Å². The summed E-state index contributed by atoms with van der Waals surface area (Å²) in [5.41, 5.74) is 4.02. The van der Waals surface area contributed by atoms with Crippen molar-refractivity contribution in [3.63, 3.8) is 0 Å². The number of rotatable bonds is 7. The molecule has 2 N–H and O–H groups in total. The number of hydrogen-bond acceptors (Lipinski definition) is 7. The highest BCUT2D eigenvalue weighted by Crippen LogP contribution is 2.35. The van der Waals surface area contributed by atoms with Crippen LogP contribution in [-0.2, 0) is 9.53 Å². The third kappa shape index (κ3) is 4.85. The van der Waals surface area contributed by atoms with Gasteiger partial charge in [-0.3, -0.25) is 4.79 Å². The van der Waals surface area contributed by atoms with Crippen LogP contribution < -0.4 is 5.32 Å². The fourth-order valence-electron chi connectivity index (χ4n) is 3.67. The molecule has 3 aromatic carbocycles. The monoisotopic (exact) mass is 483 g/mol. The Hall–Kier alpha value is -4.24. The summed E-state index contributed by atoms with van der Waals surface area (Å²) >= 11 is 1.22. The second-order valence-corrected chi connectivity index (χ2v) is 8.73. The van der Waals surface area contributed by atoms with Crippen molar-refractivity contribution in [2.45, 2.75) is 17.3 Å². The predicted molar refractivity (Wildman–Crippen MR) is 135 cm³/mol. The lowest BCUT2D eigenvalue weighted by Crippen LogP contribution is -2.19. The number of aromatic nitrogens is 4. The van der Waals surface area contributed by atoms with E-state index in [-0.39, 0.29) is 5.91 Å². The Morgan fingerprint density at radius 2 is 1.71 bits per heavy atom. The number of nitrogens with one attached hydrogen (secondary N) is 2. The van der Waals surface area contributed by atoms with Crippen molar-refractivity contribution in [1.29, 1.82) is 0 Å². The molecule has 2 heterocycles. The van der Waals surface area contributed by atoms with Crippen LogP contribution in [0.3, 0.4) is 0 Å². The molecule has 9 heteroatoms. The summed E-state index contributed by atoms with van der Waals surface area (Å²) in [6, 6.07) is 23.8. The lowest BCUT2D eigenvalue weighted by atomic mass is 10.1. The molecule has 0 saturated heterocycles. The minimum atomic E-state index is -0.621. The zero-order valence-electron chi connectivity index (χ0n) is 18.8. The topological polar surface area (TPSA) is 110 Å². The van der Waals surface area contributed by atoms with Gasteiger partial charge >= 0.3 is 5.97 Å². The fourth-order valence-corrected chi connectivity index (χ4v) is 4.58. The normalized spacial score (nSPS) is 11.9. The molecule has 0 bridgehead atoms. The number of thioether (sulfide) groups is 1. The van der Waals surface area contributed by atoms with Crippen LogP contribution in [0.25, 0.3) is 22.1 Å². The highest BCUT2D eigenvalue weighted by atomic mass is 32.2. The van der Waals surface area contributed by atoms with Crippen LogP contribution in [0.5, 0.6) is 0 Å². The molecule has 8 nitrogen and oxygen atoms in total. The van der Waals surface area contributed by atoms with Gasteiger partial charge in [-0.15, -0.1) is 10.2 Å². The highest BCUT2D eigenvalue weighted by molar-refractivity contribution is 8.00. The summed E-state index contributed by atoms with van der Waals surface area (Å²) in [6.07, 6.45) is 0. The minimum absolute atomic E-state index is 0.245. The molecule has 1 unspecified atom stereocenters. The molecule has 174 valence electrons. The first-order chi connectivity index (χ1) is 17.1. The number of amides is 1. The van der Waals surface area contributed by atoms with E-state index in [1.165, 1.54) is 11.8 Å². The van der Waals surface area contributed by atoms with Crippen LogP contribution in [0.1, 0.15) is 28.1 Å². The molecule has 2 aromatic heterocycles. The number of nitrogens with zero attached hydrogens (tertiary/aromatic N) is 3. The van der Waals surface area contributed by atoms with Gasteiger partial charge in [-0.25, -0.2) is 9.78 Å². The number of H-pyrrole nitrogens is 1. The summed E-state index contributed by atoms with van der Waals surface area (Å²) in [7, 11) is 0. The first-order valence-corrected chi connectivity index (χ1v) is 11.9. The molecule has 0 aliphatic rings. The molecule has 1 amide bonds. The zero-order chi connectivity index (χ0) is 24.2. The number of hydrogen-bond donors (Lipinski definition) is 2. The second kappa shape index (κ2) is 9.94. The average Bonchev–Trinajstić information content (AvgIpc) is 3.26. The number of fused-ring (bicyclic) bond motifs is 3. The Bertz CT molecular complexity index is 1500. The van der Waals surface area contributed by atoms with Crippen molar-refractivity contribution >= 4 is 51.4 Å². The van der Waals surface area contributed by atoms with Crippen molar-refractivity contribution in [3.05, 3.63) is 90.0 Å². The first kappa shape index (κ1) is 22.5. The number of anilines is 1. The first-order valence-electron chi connectivity index (χ1n) is 11.0. The van der Waals surface area contributed by atoms with Gasteiger partial charge in [-0.1, -0.05) is 60.3 Å². The van der Waals surface area contributed by atoms with E-state index in [2.05, 4.69) is 25.5 Å². The molecule has 0 saturated carbocycles. The molecule has 5 rings (SSSR count). The largest absolute Gasteiger partial charge is 0.462 e. The van der Waals surface area contributed by atoms with E-state index in [0.29, 0.717) is 34.2 Å². The van der Waals surface area contributed by atoms with Gasteiger partial charge in [-0.2, -0.15) is 0 Å². The van der Waals surface area contributed by atoms with Gasteiger partial charge in [0.05, 0.1) is 12.2 Å². The van der Waals surface area contributed by atoms with E-state index in [1.807, 2.05) is 54.6 Å². The SMILES string of the molecule is CCOC(=O)c1ccc(NC(=O)C(Sc2nnc3c(n2)[nH]c2ccccc23)c2ccccc2)cc1. The standard InChI is InChI=1S/C26H21N5O3S/c1-2-34-25(33)17-12-14-18(15-13-17)27-24(32)22(16-8-4-3-5-9-16)35-26-29-23-21(30-31-26)19-10-6-7-11-20(19)28-23/h3-15,22H,2H2,1H3,(H,27,32)(H,28,29,31). The lowest BCUT2D eigenvalue weighted by Gasteiger charge is -2.16. The number of ether oxygens (including phenoxy) is 1. The molecule has 35 heavy (non-hydrogen) atoms. The Labute approximate surface area is 205 Å². The molecule has 5 aromatic rings. The third-order valence-corrected chi connectivity index (χ3v) is 6.44. The van der Waals surface area contributed by atoms with Gasteiger partial charge in [0.25, 0.3) is 0 Å². The maximum Gasteiger partial charge on any atom is 0.338 e. The second-order valence-electron chi connectivity index (χ2n) is 7.66. The summed E-state index contributed by atoms with van der Waals surface area (Å²) < 4.78 is 5.01. The van der Waals surface area contributed by atoms with Gasteiger partial charge < -0.3 is 15.0 Å². The van der Waals surface area contributed by atoms with Crippen molar-refractivity contribution in [3.8, 4) is 0 Å². The average molecular weight is 484 g/mol. The molecular weight excluding hydrogens is 462 g/mol. The lowest BCUT2D eigenvalue weighted by molar-refractivity contribution is -0.115. The van der Waals surface area contributed by atoms with Crippen LogP contribution in [0, 0.1) is 0 Å². The van der Waals surface area contributed by atoms with Crippen LogP contribution in [0.4, 0.5) is 5.69 Å². The van der Waals surface area contributed by atoms with Gasteiger partial charge in [-0.05, 0) is 42.8 Å². The van der Waals surface area contributed by atoms with E-state index in [9.17, 15) is 9.59 Å². The van der Waals surface area contributed by atoms with Crippen molar-refractivity contribution in [2.75, 3.05) is 11.9 Å². The van der Waals surface area contributed by atoms with Crippen molar-refractivity contribution < 1.29 is 14.3 Å². The van der Waals surface area contributed by atoms with Gasteiger partial charge in [0, 0.05) is 16.6 Å². The smallest absolute Gasteiger partial charge is 0.338 e. The van der Waals surface area contributed by atoms with E-state index >= 15 is 0 Å². The molecular formula is C26H21N5O3S. The van der Waals surface area contributed by atoms with E-state index in [1.54, 1.807) is 31.2 Å². The van der Waals surface area contributed by atoms with Crippen molar-refractivity contribution in [2.24, 2.45) is 0 Å². The Morgan fingerprint density at radius 1 is 0.971 bits per heavy atom. The van der Waals surface area contributed by atoms with Crippen LogP contribution in [-0.4, -0.2) is 38.6 Å². The maximum absolute atomic E-state index is 13.3. The number of aromatic amines is 1. The van der Waals surface area contributed by atoms with Gasteiger partial charge in [0.15, 0.2) is 5.65 Å². The van der Waals surface area contributed by atoms with Crippen molar-refractivity contribution in [1.82, 2.24) is 20.2 Å². The quantitative estimate of drug-likeness (QED) is 0.243. The third-order valence-electron chi connectivity index (χ3n) is 5.33. The number of carbonyl (C=O) groups excluding carboxylic acids is 2. The highest BCUT2D eigenvalue weighted by Gasteiger charge is 2.24. The summed E-state index contributed by atoms with van der Waals surface area (Å²) in [5, 5.41) is 12.3. The number of carbonyl (C=O) groups is 2. The molecule has 0 aliphatic carbocycles. The van der Waals surface area contributed by atoms with Gasteiger partial charge in [0.1, 0.15) is 10.8 Å². The molecule has 0 fully saturated rings. The Balaban J connectivity index is 1.40. The van der Waals surface area contributed by atoms with Crippen LogP contribution in [0.15, 0.2) is 84.0 Å². The molecule has 1 atom stereocenters. The summed E-state index contributed by atoms with van der Waals surface area (Å²) in [6.45, 7) is 2.05. The molecule has 0 spiro atoms. The van der Waals surface area contributed by atoms with Gasteiger partial charge in [0.2, 0.25) is 11.1 Å². The Kier molecular flexibility index (Phi) is 6.40. The van der Waals surface area contributed by atoms with E-state index < -0.39 is 11.2 Å². The molecule has 0 radical (unpaired) electrons. The molecule has 0 aliphatic heterocycles.